The van der Waals surface area contributed by atoms with E-state index in [9.17, 15) is 22.4 Å². The molecule has 0 bridgehead atoms. The van der Waals surface area contributed by atoms with Gasteiger partial charge in [0.25, 0.3) is 5.91 Å². The van der Waals surface area contributed by atoms with Crippen LogP contribution in [-0.2, 0) is 6.18 Å². The van der Waals surface area contributed by atoms with Crippen molar-refractivity contribution in [2.45, 2.75) is 6.18 Å². The first kappa shape index (κ1) is 21.1. The Bertz CT molecular complexity index is 1320. The highest BCUT2D eigenvalue weighted by molar-refractivity contribution is 6.04. The molecule has 0 aliphatic carbocycles. The number of hydrogen-bond donors (Lipinski definition) is 3. The van der Waals surface area contributed by atoms with Gasteiger partial charge in [-0.1, -0.05) is 0 Å². The standard InChI is InChI=1S/C21H15F4N5O2/c1-27-20(31)14-8-10(6-7-28-14)16-18-13(9-15(22)30-16)17(19(26)32-18)29-12-4-2-11(3-5-12)21(23,24)25/h2-9,29H,26H2,1H3,(H,27,31). The maximum absolute atomic E-state index is 14.4. The number of benzene rings is 1. The molecule has 1 amide bonds. The molecule has 0 spiro atoms. The van der Waals surface area contributed by atoms with E-state index in [1.807, 2.05) is 0 Å². The second-order valence-corrected chi connectivity index (χ2v) is 6.72. The van der Waals surface area contributed by atoms with Gasteiger partial charge in [-0.05, 0) is 36.4 Å². The van der Waals surface area contributed by atoms with E-state index in [2.05, 4.69) is 20.6 Å². The van der Waals surface area contributed by atoms with E-state index in [0.29, 0.717) is 5.56 Å². The van der Waals surface area contributed by atoms with Crippen LogP contribution in [-0.4, -0.2) is 22.9 Å². The Kier molecular flexibility index (Phi) is 5.17. The highest BCUT2D eigenvalue weighted by Crippen LogP contribution is 2.40. The van der Waals surface area contributed by atoms with Crippen LogP contribution in [0.25, 0.3) is 22.2 Å². The zero-order valence-electron chi connectivity index (χ0n) is 16.4. The molecular formula is C21H15F4N5O2. The normalized spacial score (nSPS) is 11.5. The van der Waals surface area contributed by atoms with Gasteiger partial charge in [-0.3, -0.25) is 9.78 Å². The number of halogens is 4. The van der Waals surface area contributed by atoms with Gasteiger partial charge in [0.05, 0.1) is 10.9 Å². The monoisotopic (exact) mass is 445 g/mol. The molecule has 3 aromatic heterocycles. The number of aromatic nitrogens is 2. The van der Waals surface area contributed by atoms with Crippen molar-refractivity contribution in [3.8, 4) is 11.3 Å². The third-order valence-electron chi connectivity index (χ3n) is 4.64. The lowest BCUT2D eigenvalue weighted by molar-refractivity contribution is -0.137. The number of amides is 1. The average molecular weight is 445 g/mol. The summed E-state index contributed by atoms with van der Waals surface area (Å²) >= 11 is 0. The number of carbonyl (C=O) groups is 1. The Labute approximate surface area is 178 Å². The van der Waals surface area contributed by atoms with Gasteiger partial charge in [0.2, 0.25) is 11.8 Å². The molecule has 0 atom stereocenters. The van der Waals surface area contributed by atoms with E-state index in [0.717, 1.165) is 18.2 Å². The van der Waals surface area contributed by atoms with Crippen molar-refractivity contribution in [3.05, 3.63) is 65.9 Å². The van der Waals surface area contributed by atoms with Crippen molar-refractivity contribution in [1.29, 1.82) is 0 Å². The van der Waals surface area contributed by atoms with Crippen molar-refractivity contribution in [2.24, 2.45) is 0 Å². The van der Waals surface area contributed by atoms with Gasteiger partial charge in [0, 0.05) is 30.6 Å². The Morgan fingerprint density at radius 3 is 2.50 bits per heavy atom. The molecule has 32 heavy (non-hydrogen) atoms. The molecule has 0 saturated heterocycles. The first-order valence-corrected chi connectivity index (χ1v) is 9.18. The lowest BCUT2D eigenvalue weighted by atomic mass is 10.1. The molecular weight excluding hydrogens is 430 g/mol. The molecule has 4 aromatic rings. The van der Waals surface area contributed by atoms with Crippen LogP contribution in [0.5, 0.6) is 0 Å². The third kappa shape index (κ3) is 3.92. The molecule has 0 unspecified atom stereocenters. The van der Waals surface area contributed by atoms with E-state index >= 15 is 0 Å². The van der Waals surface area contributed by atoms with E-state index in [-0.39, 0.29) is 39.6 Å². The summed E-state index contributed by atoms with van der Waals surface area (Å²) in [7, 11) is 1.45. The molecule has 4 rings (SSSR count). The summed E-state index contributed by atoms with van der Waals surface area (Å²) in [6.45, 7) is 0. The fourth-order valence-electron chi connectivity index (χ4n) is 3.13. The second kappa shape index (κ2) is 7.84. The van der Waals surface area contributed by atoms with Crippen LogP contribution in [0.4, 0.5) is 34.8 Å². The molecule has 0 aliphatic rings. The average Bonchev–Trinajstić information content (AvgIpc) is 3.07. The summed E-state index contributed by atoms with van der Waals surface area (Å²) in [6, 6.07) is 8.29. The Morgan fingerprint density at radius 2 is 1.84 bits per heavy atom. The summed E-state index contributed by atoms with van der Waals surface area (Å²) in [5, 5.41) is 5.53. The zero-order valence-corrected chi connectivity index (χ0v) is 16.4. The van der Waals surface area contributed by atoms with E-state index in [1.54, 1.807) is 0 Å². The van der Waals surface area contributed by atoms with Gasteiger partial charge in [-0.2, -0.15) is 17.6 Å². The molecule has 7 nitrogen and oxygen atoms in total. The first-order chi connectivity index (χ1) is 15.2. The smallest absolute Gasteiger partial charge is 0.416 e. The first-order valence-electron chi connectivity index (χ1n) is 9.18. The molecule has 3 heterocycles. The number of hydrogen-bond acceptors (Lipinski definition) is 6. The zero-order chi connectivity index (χ0) is 23.0. The SMILES string of the molecule is CNC(=O)c1cc(-c2nc(F)cc3c(Nc4ccc(C(F)(F)F)cc4)c(N)oc23)ccn1. The van der Waals surface area contributed by atoms with Crippen LogP contribution in [0, 0.1) is 5.95 Å². The number of rotatable bonds is 4. The van der Waals surface area contributed by atoms with Gasteiger partial charge < -0.3 is 20.8 Å². The van der Waals surface area contributed by atoms with Crippen LogP contribution < -0.4 is 16.4 Å². The Balaban J connectivity index is 1.78. The number of carbonyl (C=O) groups excluding carboxylic acids is 1. The minimum atomic E-state index is -4.47. The van der Waals surface area contributed by atoms with Crippen LogP contribution in [0.15, 0.2) is 53.1 Å². The van der Waals surface area contributed by atoms with Crippen molar-refractivity contribution >= 4 is 34.1 Å². The van der Waals surface area contributed by atoms with Crippen molar-refractivity contribution in [2.75, 3.05) is 18.1 Å². The predicted molar refractivity (Wildman–Crippen MR) is 110 cm³/mol. The predicted octanol–water partition coefficient (Wildman–Crippen LogP) is 4.73. The van der Waals surface area contributed by atoms with Crippen molar-refractivity contribution in [1.82, 2.24) is 15.3 Å². The number of alkyl halides is 3. The number of fused-ring (bicyclic) bond motifs is 1. The number of pyridine rings is 2. The third-order valence-corrected chi connectivity index (χ3v) is 4.64. The maximum Gasteiger partial charge on any atom is 0.416 e. The number of nitrogens with two attached hydrogens (primary N) is 1. The molecule has 0 saturated carbocycles. The molecule has 1 aromatic carbocycles. The highest BCUT2D eigenvalue weighted by Gasteiger charge is 2.30. The lowest BCUT2D eigenvalue weighted by Gasteiger charge is -2.09. The summed E-state index contributed by atoms with van der Waals surface area (Å²) < 4.78 is 58.3. The van der Waals surface area contributed by atoms with Gasteiger partial charge in [0.1, 0.15) is 17.1 Å². The minimum Gasteiger partial charge on any atom is -0.436 e. The highest BCUT2D eigenvalue weighted by atomic mass is 19.4. The molecule has 0 aliphatic heterocycles. The van der Waals surface area contributed by atoms with E-state index < -0.39 is 23.6 Å². The van der Waals surface area contributed by atoms with Crippen molar-refractivity contribution < 1.29 is 26.8 Å². The number of anilines is 3. The van der Waals surface area contributed by atoms with Crippen LogP contribution in [0.3, 0.4) is 0 Å². The van der Waals surface area contributed by atoms with Gasteiger partial charge in [0.15, 0.2) is 5.58 Å². The molecule has 11 heteroatoms. The summed E-state index contributed by atoms with van der Waals surface area (Å²) in [6.07, 6.45) is -3.10. The van der Waals surface area contributed by atoms with Gasteiger partial charge in [-0.25, -0.2) is 4.98 Å². The van der Waals surface area contributed by atoms with E-state index in [4.69, 9.17) is 10.2 Å². The topological polar surface area (TPSA) is 106 Å². The largest absolute Gasteiger partial charge is 0.436 e. The number of nitrogen functional groups attached to an aromatic ring is 1. The number of nitrogens with one attached hydrogen (secondary N) is 2. The second-order valence-electron chi connectivity index (χ2n) is 6.72. The molecule has 4 N–H and O–H groups in total. The quantitative estimate of drug-likeness (QED) is 0.310. The molecule has 0 fully saturated rings. The van der Waals surface area contributed by atoms with Crippen LogP contribution >= 0.6 is 0 Å². The minimum absolute atomic E-state index is 0.0831. The fourth-order valence-corrected chi connectivity index (χ4v) is 3.13. The van der Waals surface area contributed by atoms with Crippen LogP contribution in [0.2, 0.25) is 0 Å². The van der Waals surface area contributed by atoms with Crippen LogP contribution in [0.1, 0.15) is 16.1 Å². The number of nitrogens with zero attached hydrogens (tertiary/aromatic N) is 2. The molecule has 0 radical (unpaired) electrons. The molecule has 164 valence electrons. The Hall–Kier alpha value is -4.15. The summed E-state index contributed by atoms with van der Waals surface area (Å²) in [5.74, 6) is -1.40. The lowest BCUT2D eigenvalue weighted by Crippen LogP contribution is -2.19. The summed E-state index contributed by atoms with van der Waals surface area (Å²) in [5.41, 5.74) is 6.27. The number of furan rings is 1. The van der Waals surface area contributed by atoms with E-state index in [1.165, 1.54) is 37.5 Å². The van der Waals surface area contributed by atoms with Gasteiger partial charge in [-0.15, -0.1) is 0 Å². The summed E-state index contributed by atoms with van der Waals surface area (Å²) in [4.78, 5) is 19.7. The maximum atomic E-state index is 14.4. The fraction of sp³-hybridized carbons (Fsp3) is 0.0952. The van der Waals surface area contributed by atoms with Gasteiger partial charge >= 0.3 is 6.18 Å². The Morgan fingerprint density at radius 1 is 1.12 bits per heavy atom. The van der Waals surface area contributed by atoms with Crippen molar-refractivity contribution in [3.63, 3.8) is 0 Å².